The maximum Gasteiger partial charge on any atom is 1.00 e. The van der Waals surface area contributed by atoms with Crippen molar-refractivity contribution in [3.8, 4) is 11.5 Å². The Morgan fingerprint density at radius 1 is 0.677 bits per heavy atom. The fourth-order valence-electron chi connectivity index (χ4n) is 2.23. The quantitative estimate of drug-likeness (QED) is 0.167. The smallest absolute Gasteiger partial charge is 0.763 e. The molecule has 2 N–H and O–H groups in total. The fourth-order valence-corrected chi connectivity index (χ4v) is 2.23. The van der Waals surface area contributed by atoms with E-state index in [2.05, 4.69) is 0 Å². The third-order valence-electron chi connectivity index (χ3n) is 3.55. The van der Waals surface area contributed by atoms with Gasteiger partial charge in [0.25, 0.3) is 0 Å². The molecule has 11 heteroatoms. The van der Waals surface area contributed by atoms with Crippen LogP contribution in [-0.4, -0.2) is 17.5 Å². The summed E-state index contributed by atoms with van der Waals surface area (Å²) in [7, 11) is -5.90. The van der Waals surface area contributed by atoms with E-state index < -0.39 is 20.2 Å². The van der Waals surface area contributed by atoms with Crippen LogP contribution < -0.4 is 74.3 Å². The second kappa shape index (κ2) is 16.8. The summed E-state index contributed by atoms with van der Waals surface area (Å²) in [6.45, 7) is 0.971. The van der Waals surface area contributed by atoms with Crippen LogP contribution in [0.3, 0.4) is 0 Å². The van der Waals surface area contributed by atoms with Crippen molar-refractivity contribution in [3.05, 3.63) is 90.0 Å². The summed E-state index contributed by atoms with van der Waals surface area (Å²) < 4.78 is 48.1. The van der Waals surface area contributed by atoms with Gasteiger partial charge in [0.2, 0.25) is 0 Å². The first-order chi connectivity index (χ1) is 14.0. The number of benzene rings is 3. The minimum Gasteiger partial charge on any atom is -0.763 e. The Kier molecular flexibility index (Phi) is 16.5. The number of hydrogen-bond donors (Lipinski definition) is 1. The van der Waals surface area contributed by atoms with Gasteiger partial charge in [0.05, 0.1) is 0 Å². The van der Waals surface area contributed by atoms with Crippen LogP contribution in [0, 0.1) is 0 Å². The molecule has 0 aromatic heterocycles. The standard InChI is InChI=1S/C20H19NO2.2Na.H2O4S2/c21-18-11-12-19(22-14-16-7-3-1-4-8-16)20(13-18)23-15-17-9-5-2-6-10-17;;;1-5(2)6(3)4/h1-13H,14-15,21H2;;;(H,1,2)(H,3,4)/q;2*+1;/p-2. The van der Waals surface area contributed by atoms with Gasteiger partial charge in [-0.05, 0) is 23.3 Å². The molecule has 3 rings (SSSR count). The van der Waals surface area contributed by atoms with E-state index in [1.54, 1.807) is 6.07 Å². The van der Waals surface area contributed by atoms with Crippen LogP contribution in [0.25, 0.3) is 0 Å². The molecule has 0 heterocycles. The molecule has 3 aromatic carbocycles. The average molecular weight is 479 g/mol. The topological polar surface area (TPSA) is 125 Å². The number of hydrogen-bond acceptors (Lipinski definition) is 7. The van der Waals surface area contributed by atoms with Crippen LogP contribution in [0.15, 0.2) is 78.9 Å². The van der Waals surface area contributed by atoms with Gasteiger partial charge in [-0.2, -0.15) is 0 Å². The predicted octanol–water partition coefficient (Wildman–Crippen LogP) is -2.91. The second-order valence-corrected chi connectivity index (χ2v) is 8.11. The molecule has 0 saturated carbocycles. The number of nitrogen functional groups attached to an aromatic ring is 1. The Morgan fingerprint density at radius 3 is 1.52 bits per heavy atom. The monoisotopic (exact) mass is 479 g/mol. The van der Waals surface area contributed by atoms with Gasteiger partial charge >= 0.3 is 59.1 Å². The molecule has 0 aliphatic heterocycles. The normalized spacial score (nSPS) is 11.4. The first-order valence-electron chi connectivity index (χ1n) is 8.37. The summed E-state index contributed by atoms with van der Waals surface area (Å²) in [6, 6.07) is 25.5. The third-order valence-corrected chi connectivity index (χ3v) is 4.44. The molecule has 0 aliphatic carbocycles. The fraction of sp³-hybridized carbons (Fsp3) is 0.100. The summed E-state index contributed by atoms with van der Waals surface area (Å²) in [5.74, 6) is 1.35. The Morgan fingerprint density at radius 2 is 1.10 bits per heavy atom. The maximum atomic E-state index is 9.09. The van der Waals surface area contributed by atoms with Crippen LogP contribution in [0.1, 0.15) is 11.1 Å². The van der Waals surface area contributed by atoms with Crippen LogP contribution in [0.2, 0.25) is 0 Å². The average Bonchev–Trinajstić information content (AvgIpc) is 2.73. The summed E-state index contributed by atoms with van der Waals surface area (Å²) in [6.07, 6.45) is 0. The molecule has 0 aliphatic rings. The van der Waals surface area contributed by atoms with E-state index in [4.69, 9.17) is 32.7 Å². The molecule has 3 aromatic rings. The molecular weight excluding hydrogens is 460 g/mol. The first kappa shape index (κ1) is 30.3. The maximum absolute atomic E-state index is 9.09. The van der Waals surface area contributed by atoms with Crippen molar-refractivity contribution >= 4 is 25.9 Å². The zero-order valence-corrected chi connectivity index (χ0v) is 22.9. The summed E-state index contributed by atoms with van der Waals surface area (Å²) in [4.78, 5) is 0. The van der Waals surface area contributed by atoms with Crippen molar-refractivity contribution in [1.82, 2.24) is 0 Å². The molecule has 0 spiro atoms. The molecule has 31 heavy (non-hydrogen) atoms. The Balaban J connectivity index is 0.000000997. The van der Waals surface area contributed by atoms with Crippen LogP contribution in [0.5, 0.6) is 11.5 Å². The number of rotatable bonds is 7. The molecule has 0 bridgehead atoms. The molecule has 154 valence electrons. The van der Waals surface area contributed by atoms with Crippen molar-refractivity contribution in [3.63, 3.8) is 0 Å². The number of ether oxygens (including phenoxy) is 2. The van der Waals surface area contributed by atoms with Gasteiger partial charge in [0.15, 0.2) is 11.5 Å². The number of anilines is 1. The van der Waals surface area contributed by atoms with E-state index >= 15 is 0 Å². The molecule has 7 nitrogen and oxygen atoms in total. The Labute approximate surface area is 230 Å². The minimum atomic E-state index is -2.95. The van der Waals surface area contributed by atoms with Gasteiger partial charge in [0.1, 0.15) is 13.2 Å². The van der Waals surface area contributed by atoms with Crippen molar-refractivity contribution in [2.45, 2.75) is 13.2 Å². The molecular formula is C20H19NNa2O6S2. The predicted molar refractivity (Wildman–Crippen MR) is 110 cm³/mol. The van der Waals surface area contributed by atoms with E-state index in [1.165, 1.54) is 0 Å². The second-order valence-electron chi connectivity index (χ2n) is 5.66. The summed E-state index contributed by atoms with van der Waals surface area (Å²) >= 11 is 0. The van der Waals surface area contributed by atoms with E-state index in [9.17, 15) is 0 Å². The largest absolute Gasteiger partial charge is 1.00 e. The van der Waals surface area contributed by atoms with Crippen molar-refractivity contribution in [2.24, 2.45) is 0 Å². The Bertz CT molecular complexity index is 937. The summed E-state index contributed by atoms with van der Waals surface area (Å²) in [5.41, 5.74) is 8.73. The van der Waals surface area contributed by atoms with E-state index in [0.29, 0.717) is 30.4 Å². The number of nitrogens with two attached hydrogens (primary N) is 1. The van der Waals surface area contributed by atoms with E-state index in [0.717, 1.165) is 11.1 Å². The van der Waals surface area contributed by atoms with Gasteiger partial charge < -0.3 is 24.3 Å². The van der Waals surface area contributed by atoms with Crippen LogP contribution in [-0.2, 0) is 33.4 Å². The zero-order chi connectivity index (χ0) is 21.1. The third kappa shape index (κ3) is 12.2. The van der Waals surface area contributed by atoms with Crippen LogP contribution in [0.4, 0.5) is 5.69 Å². The van der Waals surface area contributed by atoms with Gasteiger partial charge in [-0.1, -0.05) is 60.7 Å². The van der Waals surface area contributed by atoms with Gasteiger partial charge in [-0.3, -0.25) is 8.42 Å². The summed E-state index contributed by atoms with van der Waals surface area (Å²) in [5, 5.41) is 0. The Hall–Kier alpha value is -0.720. The molecule has 0 saturated heterocycles. The minimum absolute atomic E-state index is 0. The van der Waals surface area contributed by atoms with Crippen molar-refractivity contribution in [1.29, 1.82) is 0 Å². The van der Waals surface area contributed by atoms with Gasteiger partial charge in [-0.25, -0.2) is 0 Å². The molecule has 2 unspecified atom stereocenters. The molecule has 2 atom stereocenters. The first-order valence-corrected chi connectivity index (χ1v) is 11.0. The molecule has 0 amide bonds. The van der Waals surface area contributed by atoms with Gasteiger partial charge in [-0.15, -0.1) is 0 Å². The van der Waals surface area contributed by atoms with E-state index in [-0.39, 0.29) is 59.1 Å². The van der Waals surface area contributed by atoms with E-state index in [1.807, 2.05) is 72.8 Å². The van der Waals surface area contributed by atoms with Crippen LogP contribution >= 0.6 is 0 Å². The van der Waals surface area contributed by atoms with Crippen molar-refractivity contribution in [2.75, 3.05) is 5.73 Å². The SMILES string of the molecule is Nc1ccc(OCc2ccccc2)c(OCc2ccccc2)c1.O=S([O-])S(=O)[O-].[Na+].[Na+]. The molecule has 0 radical (unpaired) electrons. The zero-order valence-electron chi connectivity index (χ0n) is 17.3. The van der Waals surface area contributed by atoms with Crippen molar-refractivity contribution < 1.29 is 86.1 Å². The van der Waals surface area contributed by atoms with Gasteiger partial charge in [0, 0.05) is 32.0 Å². The molecule has 0 fully saturated rings.